The van der Waals surface area contributed by atoms with Gasteiger partial charge in [-0.05, 0) is 75.5 Å². The van der Waals surface area contributed by atoms with Crippen molar-refractivity contribution in [2.24, 2.45) is 23.2 Å². The van der Waals surface area contributed by atoms with E-state index in [4.69, 9.17) is 4.74 Å². The molecule has 5 nitrogen and oxygen atoms in total. The molecule has 1 saturated heterocycles. The van der Waals surface area contributed by atoms with E-state index in [-0.39, 0.29) is 11.6 Å². The van der Waals surface area contributed by atoms with E-state index in [1.165, 1.54) is 38.5 Å². The van der Waals surface area contributed by atoms with Gasteiger partial charge < -0.3 is 15.4 Å². The first-order chi connectivity index (χ1) is 11.9. The zero-order chi connectivity index (χ0) is 17.5. The summed E-state index contributed by atoms with van der Waals surface area (Å²) in [6.07, 6.45) is 8.41. The lowest BCUT2D eigenvalue weighted by Crippen LogP contribution is -2.57. The predicted molar refractivity (Wildman–Crippen MR) is 98.5 cm³/mol. The van der Waals surface area contributed by atoms with E-state index in [1.807, 2.05) is 0 Å². The summed E-state index contributed by atoms with van der Waals surface area (Å²) in [5, 5.41) is 6.34. The van der Waals surface area contributed by atoms with Crippen molar-refractivity contribution in [3.63, 3.8) is 0 Å². The molecule has 4 saturated carbocycles. The summed E-state index contributed by atoms with van der Waals surface area (Å²) in [5.74, 6) is 2.82. The first-order valence-electron chi connectivity index (χ1n) is 10.3. The Morgan fingerprint density at radius 3 is 2.16 bits per heavy atom. The van der Waals surface area contributed by atoms with Gasteiger partial charge in [-0.15, -0.1) is 0 Å². The minimum absolute atomic E-state index is 0.0112. The number of hydrogen-bond donors (Lipinski definition) is 2. The van der Waals surface area contributed by atoms with Crippen LogP contribution in [0.1, 0.15) is 52.4 Å². The predicted octanol–water partition coefficient (Wildman–Crippen LogP) is 2.61. The van der Waals surface area contributed by atoms with Crippen LogP contribution < -0.4 is 10.6 Å². The maximum Gasteiger partial charge on any atom is 0.314 e. The van der Waals surface area contributed by atoms with Gasteiger partial charge in [-0.3, -0.25) is 4.90 Å². The molecule has 142 valence electrons. The largest absolute Gasteiger partial charge is 0.379 e. The Morgan fingerprint density at radius 2 is 1.60 bits per heavy atom. The van der Waals surface area contributed by atoms with E-state index in [0.717, 1.165) is 50.6 Å². The number of urea groups is 1. The Hall–Kier alpha value is -0.810. The SMILES string of the molecule is CC(C)(CNC(=O)NCC12CC3CC(CC(C3)C1)C2)N1CCOCC1. The summed E-state index contributed by atoms with van der Waals surface area (Å²) in [5.41, 5.74) is 0.383. The Labute approximate surface area is 152 Å². The number of ether oxygens (including phenoxy) is 1. The van der Waals surface area contributed by atoms with Crippen LogP contribution in [0.5, 0.6) is 0 Å². The molecule has 5 heteroatoms. The standard InChI is InChI=1S/C20H35N3O2/c1-19(2,23-3-5-25-6-4-23)13-21-18(24)22-14-20-10-15-7-16(11-20)9-17(8-15)12-20/h15-17H,3-14H2,1-2H3,(H2,21,22,24). The van der Waals surface area contributed by atoms with Gasteiger partial charge >= 0.3 is 6.03 Å². The molecule has 5 fully saturated rings. The summed E-state index contributed by atoms with van der Waals surface area (Å²) in [6.45, 7) is 9.45. The van der Waals surface area contributed by atoms with Crippen molar-refractivity contribution in [1.29, 1.82) is 0 Å². The molecule has 0 aromatic carbocycles. The molecule has 4 bridgehead atoms. The second-order valence-corrected chi connectivity index (χ2v) is 9.87. The van der Waals surface area contributed by atoms with Crippen molar-refractivity contribution in [2.75, 3.05) is 39.4 Å². The fraction of sp³-hybridized carbons (Fsp3) is 0.950. The number of morpholine rings is 1. The normalized spacial score (nSPS) is 37.9. The van der Waals surface area contributed by atoms with Gasteiger partial charge in [0.1, 0.15) is 0 Å². The number of nitrogens with zero attached hydrogens (tertiary/aromatic N) is 1. The zero-order valence-corrected chi connectivity index (χ0v) is 16.0. The van der Waals surface area contributed by atoms with E-state index in [2.05, 4.69) is 29.4 Å². The smallest absolute Gasteiger partial charge is 0.314 e. The van der Waals surface area contributed by atoms with Crippen LogP contribution in [0, 0.1) is 23.2 Å². The molecule has 0 spiro atoms. The Bertz CT molecular complexity index is 464. The molecule has 1 aliphatic heterocycles. The quantitative estimate of drug-likeness (QED) is 0.802. The van der Waals surface area contributed by atoms with Gasteiger partial charge in [-0.2, -0.15) is 0 Å². The Morgan fingerprint density at radius 1 is 1.04 bits per heavy atom. The summed E-state index contributed by atoms with van der Waals surface area (Å²) >= 11 is 0. The monoisotopic (exact) mass is 349 g/mol. The first kappa shape index (κ1) is 17.6. The fourth-order valence-electron chi connectivity index (χ4n) is 6.41. The molecule has 0 aromatic heterocycles. The topological polar surface area (TPSA) is 53.6 Å². The number of amides is 2. The number of nitrogens with one attached hydrogen (secondary N) is 2. The van der Waals surface area contributed by atoms with Crippen molar-refractivity contribution in [2.45, 2.75) is 57.9 Å². The third-order valence-corrected chi connectivity index (χ3v) is 7.34. The highest BCUT2D eigenvalue weighted by atomic mass is 16.5. The minimum Gasteiger partial charge on any atom is -0.379 e. The van der Waals surface area contributed by atoms with E-state index < -0.39 is 0 Å². The van der Waals surface area contributed by atoms with Gasteiger partial charge in [0.25, 0.3) is 0 Å². The molecule has 5 aliphatic rings. The zero-order valence-electron chi connectivity index (χ0n) is 16.0. The van der Waals surface area contributed by atoms with Gasteiger partial charge in [-0.25, -0.2) is 4.79 Å². The van der Waals surface area contributed by atoms with Gasteiger partial charge in [0.2, 0.25) is 0 Å². The highest BCUT2D eigenvalue weighted by Crippen LogP contribution is 2.59. The van der Waals surface area contributed by atoms with Crippen molar-refractivity contribution in [1.82, 2.24) is 15.5 Å². The first-order valence-corrected chi connectivity index (χ1v) is 10.3. The van der Waals surface area contributed by atoms with Crippen molar-refractivity contribution in [3.8, 4) is 0 Å². The Balaban J connectivity index is 1.24. The molecule has 2 N–H and O–H groups in total. The molecule has 2 amide bonds. The number of hydrogen-bond acceptors (Lipinski definition) is 3. The third-order valence-electron chi connectivity index (χ3n) is 7.34. The number of carbonyl (C=O) groups excluding carboxylic acids is 1. The molecular formula is C20H35N3O2. The van der Waals surface area contributed by atoms with Crippen LogP contribution >= 0.6 is 0 Å². The van der Waals surface area contributed by atoms with Crippen LogP contribution in [0.4, 0.5) is 4.79 Å². The average Bonchev–Trinajstić information content (AvgIpc) is 2.58. The summed E-state index contributed by atoms with van der Waals surface area (Å²) in [7, 11) is 0. The van der Waals surface area contributed by atoms with Crippen molar-refractivity contribution < 1.29 is 9.53 Å². The third kappa shape index (κ3) is 3.82. The van der Waals surface area contributed by atoms with Crippen LogP contribution in [0.25, 0.3) is 0 Å². The highest BCUT2D eigenvalue weighted by Gasteiger charge is 2.50. The van der Waals surface area contributed by atoms with Crippen LogP contribution in [-0.4, -0.2) is 55.9 Å². The second kappa shape index (κ2) is 6.73. The molecule has 0 unspecified atom stereocenters. The molecular weight excluding hydrogens is 314 g/mol. The maximum absolute atomic E-state index is 12.4. The fourth-order valence-corrected chi connectivity index (χ4v) is 6.41. The van der Waals surface area contributed by atoms with E-state index in [1.54, 1.807) is 0 Å². The molecule has 0 radical (unpaired) electrons. The minimum atomic E-state index is -0.0260. The Kier molecular flexibility index (Phi) is 4.74. The van der Waals surface area contributed by atoms with Crippen LogP contribution in [0.15, 0.2) is 0 Å². The van der Waals surface area contributed by atoms with Gasteiger partial charge in [0.05, 0.1) is 13.2 Å². The second-order valence-electron chi connectivity index (χ2n) is 9.87. The van der Waals surface area contributed by atoms with Crippen molar-refractivity contribution >= 4 is 6.03 Å². The average molecular weight is 350 g/mol. The lowest BCUT2D eigenvalue weighted by molar-refractivity contribution is -0.0499. The van der Waals surface area contributed by atoms with Crippen LogP contribution in [0.3, 0.4) is 0 Å². The molecule has 1 heterocycles. The summed E-state index contributed by atoms with van der Waals surface area (Å²) in [4.78, 5) is 14.8. The lowest BCUT2D eigenvalue weighted by Gasteiger charge is -2.56. The molecule has 5 rings (SSSR count). The highest BCUT2D eigenvalue weighted by molar-refractivity contribution is 5.74. The van der Waals surface area contributed by atoms with E-state index in [0.29, 0.717) is 12.0 Å². The summed E-state index contributed by atoms with van der Waals surface area (Å²) in [6, 6.07) is 0.0112. The molecule has 0 atom stereocenters. The van der Waals surface area contributed by atoms with Crippen LogP contribution in [-0.2, 0) is 4.74 Å². The molecule has 0 aromatic rings. The molecule has 4 aliphatic carbocycles. The van der Waals surface area contributed by atoms with E-state index in [9.17, 15) is 4.79 Å². The van der Waals surface area contributed by atoms with Gasteiger partial charge in [-0.1, -0.05) is 0 Å². The number of carbonyl (C=O) groups is 1. The van der Waals surface area contributed by atoms with Gasteiger partial charge in [0, 0.05) is 31.7 Å². The van der Waals surface area contributed by atoms with Crippen LogP contribution in [0.2, 0.25) is 0 Å². The van der Waals surface area contributed by atoms with E-state index >= 15 is 0 Å². The molecule has 25 heavy (non-hydrogen) atoms. The van der Waals surface area contributed by atoms with Crippen molar-refractivity contribution in [3.05, 3.63) is 0 Å². The lowest BCUT2D eigenvalue weighted by atomic mass is 9.49. The maximum atomic E-state index is 12.4. The summed E-state index contributed by atoms with van der Waals surface area (Å²) < 4.78 is 5.43. The number of rotatable bonds is 5. The van der Waals surface area contributed by atoms with Gasteiger partial charge in [0.15, 0.2) is 0 Å².